The molecule has 1 aliphatic rings. The van der Waals surface area contributed by atoms with Crippen molar-refractivity contribution in [1.82, 2.24) is 20.9 Å². The van der Waals surface area contributed by atoms with E-state index in [0.717, 1.165) is 10.9 Å². The van der Waals surface area contributed by atoms with Crippen LogP contribution >= 0.6 is 0 Å². The van der Waals surface area contributed by atoms with Crippen LogP contribution in [-0.4, -0.2) is 54.4 Å². The molecule has 1 aliphatic heterocycles. The van der Waals surface area contributed by atoms with Crippen LogP contribution in [0.5, 0.6) is 0 Å². The van der Waals surface area contributed by atoms with Gasteiger partial charge in [0.2, 0.25) is 11.8 Å². The first kappa shape index (κ1) is 23.3. The lowest BCUT2D eigenvalue weighted by Crippen LogP contribution is -2.53. The highest BCUT2D eigenvalue weighted by Crippen LogP contribution is 2.18. The van der Waals surface area contributed by atoms with E-state index in [1.54, 1.807) is 6.07 Å². The number of benzene rings is 1. The normalized spacial score (nSPS) is 17.6. The van der Waals surface area contributed by atoms with Gasteiger partial charge >= 0.3 is 5.97 Å². The Morgan fingerprint density at radius 2 is 1.91 bits per heavy atom. The SMILES string of the molecule is COC(=O)[C@H](C[C@@H]1CCNC1=O)NC(=O)[C@H](CC(C)C)NC(=O)c1cc2ccccc2[nH]1. The number of para-hydroxylation sites is 1. The van der Waals surface area contributed by atoms with Crippen molar-refractivity contribution in [2.45, 2.75) is 45.2 Å². The second-order valence-corrected chi connectivity index (χ2v) is 8.52. The molecule has 32 heavy (non-hydrogen) atoms. The number of nitrogens with one attached hydrogen (secondary N) is 4. The molecule has 172 valence electrons. The van der Waals surface area contributed by atoms with Crippen LogP contribution in [-0.2, 0) is 19.1 Å². The summed E-state index contributed by atoms with van der Waals surface area (Å²) in [7, 11) is 1.24. The van der Waals surface area contributed by atoms with E-state index in [2.05, 4.69) is 20.9 Å². The third-order valence-corrected chi connectivity index (χ3v) is 5.59. The van der Waals surface area contributed by atoms with Crippen LogP contribution in [0.15, 0.2) is 30.3 Å². The van der Waals surface area contributed by atoms with Crippen LogP contribution in [0.2, 0.25) is 0 Å². The summed E-state index contributed by atoms with van der Waals surface area (Å²) in [5.74, 6) is -1.92. The average molecular weight is 443 g/mol. The molecule has 2 heterocycles. The van der Waals surface area contributed by atoms with Gasteiger partial charge in [-0.05, 0) is 37.3 Å². The summed E-state index contributed by atoms with van der Waals surface area (Å²) in [4.78, 5) is 53.1. The summed E-state index contributed by atoms with van der Waals surface area (Å²) < 4.78 is 4.83. The molecule has 1 aromatic heterocycles. The fourth-order valence-corrected chi connectivity index (χ4v) is 3.92. The van der Waals surface area contributed by atoms with Crippen LogP contribution in [0.25, 0.3) is 10.9 Å². The van der Waals surface area contributed by atoms with Gasteiger partial charge in [-0.25, -0.2) is 4.79 Å². The lowest BCUT2D eigenvalue weighted by molar-refractivity contribution is -0.146. The maximum absolute atomic E-state index is 13.1. The first-order valence-corrected chi connectivity index (χ1v) is 10.8. The van der Waals surface area contributed by atoms with Crippen molar-refractivity contribution < 1.29 is 23.9 Å². The molecule has 2 aromatic rings. The van der Waals surface area contributed by atoms with Gasteiger partial charge in [0.05, 0.1) is 7.11 Å². The standard InChI is InChI=1S/C23H30N4O5/c1-13(2)10-17(26-22(30)18-11-14-6-4-5-7-16(14)25-18)21(29)27-19(23(31)32-3)12-15-8-9-24-20(15)28/h4-7,11,13,15,17,19,25H,8-10,12H2,1-3H3,(H,24,28)(H,26,30)(H,27,29)/t15-,17-,19-/m0/s1. The maximum Gasteiger partial charge on any atom is 0.328 e. The molecule has 0 radical (unpaired) electrons. The van der Waals surface area contributed by atoms with Crippen LogP contribution in [0.1, 0.15) is 43.6 Å². The highest BCUT2D eigenvalue weighted by Gasteiger charge is 2.34. The molecule has 1 saturated heterocycles. The summed E-state index contributed by atoms with van der Waals surface area (Å²) in [5, 5.41) is 9.08. The molecule has 9 heteroatoms. The van der Waals surface area contributed by atoms with Crippen molar-refractivity contribution in [2.24, 2.45) is 11.8 Å². The number of methoxy groups -OCH3 is 1. The van der Waals surface area contributed by atoms with E-state index in [-0.39, 0.29) is 24.2 Å². The summed E-state index contributed by atoms with van der Waals surface area (Å²) in [6.07, 6.45) is 1.12. The Hall–Kier alpha value is -3.36. The molecule has 0 saturated carbocycles. The first-order valence-electron chi connectivity index (χ1n) is 10.8. The Bertz CT molecular complexity index is 966. The highest BCUT2D eigenvalue weighted by atomic mass is 16.5. The van der Waals surface area contributed by atoms with Crippen LogP contribution < -0.4 is 16.0 Å². The molecule has 3 amide bonds. The van der Waals surface area contributed by atoms with Crippen LogP contribution in [0.3, 0.4) is 0 Å². The Morgan fingerprint density at radius 1 is 1.16 bits per heavy atom. The fraction of sp³-hybridized carbons (Fsp3) is 0.478. The highest BCUT2D eigenvalue weighted by molar-refractivity contribution is 6.00. The quantitative estimate of drug-likeness (QED) is 0.437. The molecule has 9 nitrogen and oxygen atoms in total. The number of fused-ring (bicyclic) bond motifs is 1. The average Bonchev–Trinajstić information content (AvgIpc) is 3.37. The first-order chi connectivity index (χ1) is 15.3. The molecule has 3 atom stereocenters. The van der Waals surface area contributed by atoms with E-state index in [0.29, 0.717) is 25.1 Å². The van der Waals surface area contributed by atoms with Crippen LogP contribution in [0, 0.1) is 11.8 Å². The van der Waals surface area contributed by atoms with Gasteiger partial charge in [-0.2, -0.15) is 0 Å². The molecule has 0 bridgehead atoms. The van der Waals surface area contributed by atoms with Gasteiger partial charge < -0.3 is 25.7 Å². The zero-order valence-electron chi connectivity index (χ0n) is 18.6. The van der Waals surface area contributed by atoms with E-state index < -0.39 is 29.9 Å². The minimum absolute atomic E-state index is 0.117. The Balaban J connectivity index is 1.72. The monoisotopic (exact) mass is 442 g/mol. The van der Waals surface area contributed by atoms with Gasteiger partial charge in [0, 0.05) is 23.4 Å². The second-order valence-electron chi connectivity index (χ2n) is 8.52. The number of hydrogen-bond acceptors (Lipinski definition) is 5. The van der Waals surface area contributed by atoms with Gasteiger partial charge in [-0.1, -0.05) is 32.0 Å². The molecule has 1 aromatic carbocycles. The molecule has 4 N–H and O–H groups in total. The van der Waals surface area contributed by atoms with Gasteiger partial charge in [-0.15, -0.1) is 0 Å². The number of rotatable bonds is 9. The molecule has 3 rings (SSSR count). The number of esters is 1. The van der Waals surface area contributed by atoms with Crippen molar-refractivity contribution in [3.63, 3.8) is 0 Å². The molecule has 0 aliphatic carbocycles. The van der Waals surface area contributed by atoms with E-state index >= 15 is 0 Å². The molecule has 0 unspecified atom stereocenters. The summed E-state index contributed by atoms with van der Waals surface area (Å²) in [5.41, 5.74) is 1.17. The molecular formula is C23H30N4O5. The third kappa shape index (κ3) is 5.66. The van der Waals surface area contributed by atoms with E-state index in [1.165, 1.54) is 7.11 Å². The maximum atomic E-state index is 13.1. The van der Waals surface area contributed by atoms with Crippen molar-refractivity contribution in [1.29, 1.82) is 0 Å². The van der Waals surface area contributed by atoms with Crippen LogP contribution in [0.4, 0.5) is 0 Å². The largest absolute Gasteiger partial charge is 0.467 e. The fourth-order valence-electron chi connectivity index (χ4n) is 3.92. The number of hydrogen-bond donors (Lipinski definition) is 4. The second kappa shape index (κ2) is 10.3. The van der Waals surface area contributed by atoms with Crippen molar-refractivity contribution in [2.75, 3.05) is 13.7 Å². The van der Waals surface area contributed by atoms with Gasteiger partial charge in [0.15, 0.2) is 0 Å². The number of carbonyl (C=O) groups is 4. The van der Waals surface area contributed by atoms with Gasteiger partial charge in [-0.3, -0.25) is 14.4 Å². The number of aromatic nitrogens is 1. The van der Waals surface area contributed by atoms with Crippen molar-refractivity contribution in [3.8, 4) is 0 Å². The van der Waals surface area contributed by atoms with Crippen molar-refractivity contribution >= 4 is 34.6 Å². The predicted octanol–water partition coefficient (Wildman–Crippen LogP) is 1.50. The molecule has 0 spiro atoms. The summed E-state index contributed by atoms with van der Waals surface area (Å²) in [6.45, 7) is 4.42. The van der Waals surface area contributed by atoms with E-state index in [9.17, 15) is 19.2 Å². The Morgan fingerprint density at radius 3 is 2.53 bits per heavy atom. The van der Waals surface area contributed by atoms with E-state index in [4.69, 9.17) is 4.74 Å². The number of aromatic amines is 1. The van der Waals surface area contributed by atoms with Gasteiger partial charge in [0.25, 0.3) is 5.91 Å². The zero-order chi connectivity index (χ0) is 23.3. The Labute approximate surface area is 186 Å². The Kier molecular flexibility index (Phi) is 7.50. The number of ether oxygens (including phenoxy) is 1. The minimum Gasteiger partial charge on any atom is -0.467 e. The number of carbonyl (C=O) groups excluding carboxylic acids is 4. The lowest BCUT2D eigenvalue weighted by Gasteiger charge is -2.24. The lowest BCUT2D eigenvalue weighted by atomic mass is 9.97. The van der Waals surface area contributed by atoms with Crippen molar-refractivity contribution in [3.05, 3.63) is 36.0 Å². The molecule has 1 fully saturated rings. The summed E-state index contributed by atoms with van der Waals surface area (Å²) >= 11 is 0. The summed E-state index contributed by atoms with van der Waals surface area (Å²) in [6, 6.07) is 7.41. The third-order valence-electron chi connectivity index (χ3n) is 5.59. The van der Waals surface area contributed by atoms with E-state index in [1.807, 2.05) is 38.1 Å². The molecular weight excluding hydrogens is 412 g/mol. The predicted molar refractivity (Wildman–Crippen MR) is 119 cm³/mol. The minimum atomic E-state index is -0.971. The van der Waals surface area contributed by atoms with Gasteiger partial charge in [0.1, 0.15) is 17.8 Å². The smallest absolute Gasteiger partial charge is 0.328 e. The number of amides is 3. The topological polar surface area (TPSA) is 129 Å². The zero-order valence-corrected chi connectivity index (χ0v) is 18.6. The number of H-pyrrole nitrogens is 1.